The van der Waals surface area contributed by atoms with Gasteiger partial charge in [0.1, 0.15) is 0 Å². The zero-order valence-corrected chi connectivity index (χ0v) is 12.1. The summed E-state index contributed by atoms with van der Waals surface area (Å²) in [5.74, 6) is 1.00. The lowest BCUT2D eigenvalue weighted by Gasteiger charge is -2.19. The number of aromatic nitrogens is 1. The third kappa shape index (κ3) is 3.31. The van der Waals surface area contributed by atoms with E-state index in [0.717, 1.165) is 29.0 Å². The van der Waals surface area contributed by atoms with Gasteiger partial charge in [0.15, 0.2) is 10.9 Å². The van der Waals surface area contributed by atoms with Gasteiger partial charge in [-0.3, -0.25) is 4.79 Å². The first-order chi connectivity index (χ1) is 8.70. The van der Waals surface area contributed by atoms with E-state index in [0.29, 0.717) is 0 Å². The molecule has 0 aromatic carbocycles. The molecule has 1 aromatic heterocycles. The molecule has 0 radical (unpaired) electrons. The Morgan fingerprint density at radius 1 is 1.50 bits per heavy atom. The molecule has 0 spiro atoms. The smallest absolute Gasteiger partial charge is 0.185 e. The number of thiazole rings is 1. The van der Waals surface area contributed by atoms with Gasteiger partial charge in [-0.2, -0.15) is 0 Å². The molecule has 0 amide bonds. The van der Waals surface area contributed by atoms with Crippen LogP contribution in [-0.4, -0.2) is 23.9 Å². The molecule has 1 fully saturated rings. The molecule has 0 aliphatic carbocycles. The fourth-order valence-corrected chi connectivity index (χ4v) is 3.49. The zero-order valence-electron chi connectivity index (χ0n) is 11.3. The van der Waals surface area contributed by atoms with Crippen LogP contribution in [0.25, 0.3) is 0 Å². The van der Waals surface area contributed by atoms with Crippen LogP contribution in [0.2, 0.25) is 0 Å². The molecule has 0 saturated carbocycles. The third-order valence-electron chi connectivity index (χ3n) is 3.66. The molecule has 2 rings (SSSR count). The van der Waals surface area contributed by atoms with Crippen molar-refractivity contribution >= 4 is 22.3 Å². The molecule has 3 nitrogen and oxygen atoms in total. The maximum atomic E-state index is 11.3. The number of carbonyl (C=O) groups excluding carboxylic acids is 1. The van der Waals surface area contributed by atoms with E-state index in [9.17, 15) is 4.79 Å². The van der Waals surface area contributed by atoms with Crippen LogP contribution in [0.4, 0.5) is 5.13 Å². The van der Waals surface area contributed by atoms with Gasteiger partial charge in [0.25, 0.3) is 0 Å². The molecule has 4 heteroatoms. The number of nitrogens with zero attached hydrogens (tertiary/aromatic N) is 2. The molecule has 1 aromatic rings. The summed E-state index contributed by atoms with van der Waals surface area (Å²) < 4.78 is 0. The Kier molecular flexibility index (Phi) is 4.75. The molecule has 18 heavy (non-hydrogen) atoms. The highest BCUT2D eigenvalue weighted by Crippen LogP contribution is 2.28. The van der Waals surface area contributed by atoms with Gasteiger partial charge in [0, 0.05) is 20.0 Å². The molecule has 0 N–H and O–H groups in total. The SMILES string of the molecule is CCCC1CCCN(c2ncc(C(C)=O)s2)CC1. The summed E-state index contributed by atoms with van der Waals surface area (Å²) in [4.78, 5) is 18.8. The molecular weight excluding hydrogens is 244 g/mol. The molecule has 1 atom stereocenters. The largest absolute Gasteiger partial charge is 0.348 e. The monoisotopic (exact) mass is 266 g/mol. The maximum absolute atomic E-state index is 11.3. The molecular formula is C14H22N2OS. The molecule has 0 bridgehead atoms. The van der Waals surface area contributed by atoms with Crippen LogP contribution in [-0.2, 0) is 0 Å². The van der Waals surface area contributed by atoms with Gasteiger partial charge < -0.3 is 4.90 Å². The van der Waals surface area contributed by atoms with E-state index in [1.165, 1.54) is 43.4 Å². The minimum Gasteiger partial charge on any atom is -0.348 e. The Morgan fingerprint density at radius 2 is 2.33 bits per heavy atom. The van der Waals surface area contributed by atoms with Crippen LogP contribution in [0.5, 0.6) is 0 Å². The Labute approximate surface area is 113 Å². The molecule has 1 unspecified atom stereocenters. The first kappa shape index (κ1) is 13.5. The summed E-state index contributed by atoms with van der Waals surface area (Å²) in [7, 11) is 0. The van der Waals surface area contributed by atoms with E-state index in [4.69, 9.17) is 0 Å². The van der Waals surface area contributed by atoms with Gasteiger partial charge in [0.2, 0.25) is 0 Å². The number of ketones is 1. The number of Topliss-reactive ketones (excluding diaryl/α,β-unsaturated/α-hetero) is 1. The van der Waals surface area contributed by atoms with Crippen molar-refractivity contribution in [1.82, 2.24) is 4.98 Å². The summed E-state index contributed by atoms with van der Waals surface area (Å²) in [6, 6.07) is 0. The van der Waals surface area contributed by atoms with E-state index >= 15 is 0 Å². The standard InChI is InChI=1S/C14H22N2OS/c1-3-5-12-6-4-8-16(9-7-12)14-15-10-13(18-14)11(2)17/h10,12H,3-9H2,1-2H3. The van der Waals surface area contributed by atoms with Gasteiger partial charge in [-0.05, 0) is 25.2 Å². The summed E-state index contributed by atoms with van der Waals surface area (Å²) in [5, 5.41) is 1.03. The van der Waals surface area contributed by atoms with Gasteiger partial charge in [-0.15, -0.1) is 0 Å². The summed E-state index contributed by atoms with van der Waals surface area (Å²) in [6.07, 6.45) is 8.22. The van der Waals surface area contributed by atoms with E-state index in [1.54, 1.807) is 13.1 Å². The second kappa shape index (κ2) is 6.32. The summed E-state index contributed by atoms with van der Waals surface area (Å²) >= 11 is 1.54. The van der Waals surface area contributed by atoms with E-state index in [2.05, 4.69) is 16.8 Å². The minimum atomic E-state index is 0.123. The van der Waals surface area contributed by atoms with Crippen molar-refractivity contribution < 1.29 is 4.79 Å². The van der Waals surface area contributed by atoms with Gasteiger partial charge in [-0.25, -0.2) is 4.98 Å². The van der Waals surface area contributed by atoms with Gasteiger partial charge >= 0.3 is 0 Å². The lowest BCUT2D eigenvalue weighted by atomic mass is 9.96. The van der Waals surface area contributed by atoms with Crippen LogP contribution in [0.15, 0.2) is 6.20 Å². The molecule has 1 saturated heterocycles. The molecule has 1 aliphatic heterocycles. The van der Waals surface area contributed by atoms with Crippen molar-refractivity contribution in [2.45, 2.75) is 46.0 Å². The Morgan fingerprint density at radius 3 is 3.00 bits per heavy atom. The van der Waals surface area contributed by atoms with Crippen molar-refractivity contribution in [2.24, 2.45) is 5.92 Å². The van der Waals surface area contributed by atoms with E-state index < -0.39 is 0 Å². The fourth-order valence-electron chi connectivity index (χ4n) is 2.63. The highest BCUT2D eigenvalue weighted by molar-refractivity contribution is 7.17. The number of hydrogen-bond acceptors (Lipinski definition) is 4. The average Bonchev–Trinajstić information content (AvgIpc) is 2.72. The topological polar surface area (TPSA) is 33.2 Å². The third-order valence-corrected chi connectivity index (χ3v) is 4.81. The molecule has 2 heterocycles. The predicted octanol–water partition coefficient (Wildman–Crippen LogP) is 3.75. The quantitative estimate of drug-likeness (QED) is 0.778. The minimum absolute atomic E-state index is 0.123. The Bertz CT molecular complexity index is 402. The predicted molar refractivity (Wildman–Crippen MR) is 76.6 cm³/mol. The molecule has 1 aliphatic rings. The van der Waals surface area contributed by atoms with Crippen molar-refractivity contribution in [3.8, 4) is 0 Å². The number of rotatable bonds is 4. The second-order valence-corrected chi connectivity index (χ2v) is 6.15. The number of anilines is 1. The lowest BCUT2D eigenvalue weighted by Crippen LogP contribution is -2.23. The first-order valence-corrected chi connectivity index (χ1v) is 7.74. The van der Waals surface area contributed by atoms with Crippen molar-refractivity contribution in [2.75, 3.05) is 18.0 Å². The fraction of sp³-hybridized carbons (Fsp3) is 0.714. The first-order valence-electron chi connectivity index (χ1n) is 6.92. The van der Waals surface area contributed by atoms with Crippen LogP contribution >= 0.6 is 11.3 Å². The number of carbonyl (C=O) groups is 1. The van der Waals surface area contributed by atoms with Crippen molar-refractivity contribution in [3.63, 3.8) is 0 Å². The van der Waals surface area contributed by atoms with Crippen LogP contribution in [0, 0.1) is 5.92 Å². The van der Waals surface area contributed by atoms with Crippen molar-refractivity contribution in [3.05, 3.63) is 11.1 Å². The van der Waals surface area contributed by atoms with E-state index in [1.807, 2.05) is 0 Å². The average molecular weight is 266 g/mol. The highest BCUT2D eigenvalue weighted by Gasteiger charge is 2.19. The zero-order chi connectivity index (χ0) is 13.0. The van der Waals surface area contributed by atoms with Crippen LogP contribution in [0.1, 0.15) is 55.6 Å². The Hall–Kier alpha value is -0.900. The summed E-state index contributed by atoms with van der Waals surface area (Å²) in [5.41, 5.74) is 0. The maximum Gasteiger partial charge on any atom is 0.185 e. The Balaban J connectivity index is 1.98. The lowest BCUT2D eigenvalue weighted by molar-refractivity contribution is 0.102. The van der Waals surface area contributed by atoms with E-state index in [-0.39, 0.29) is 5.78 Å². The van der Waals surface area contributed by atoms with Crippen molar-refractivity contribution in [1.29, 1.82) is 0 Å². The summed E-state index contributed by atoms with van der Waals surface area (Å²) in [6.45, 7) is 6.06. The van der Waals surface area contributed by atoms with Gasteiger partial charge in [0.05, 0.1) is 11.1 Å². The van der Waals surface area contributed by atoms with Gasteiger partial charge in [-0.1, -0.05) is 31.1 Å². The van der Waals surface area contributed by atoms with Crippen LogP contribution in [0.3, 0.4) is 0 Å². The highest BCUT2D eigenvalue weighted by atomic mass is 32.1. The normalized spacial score (nSPS) is 20.8. The molecule has 100 valence electrons. The number of hydrogen-bond donors (Lipinski definition) is 0. The van der Waals surface area contributed by atoms with Crippen LogP contribution < -0.4 is 4.90 Å². The second-order valence-electron chi connectivity index (χ2n) is 5.14.